The zero-order valence-electron chi connectivity index (χ0n) is 23.5. The summed E-state index contributed by atoms with van der Waals surface area (Å²) in [6.07, 6.45) is 5.85. The van der Waals surface area contributed by atoms with Gasteiger partial charge in [0.05, 0.1) is 13.0 Å². The van der Waals surface area contributed by atoms with Crippen LogP contribution in [-0.4, -0.2) is 35.1 Å². The molecule has 3 aromatic rings. The fourth-order valence-electron chi connectivity index (χ4n) is 6.42. The highest BCUT2D eigenvalue weighted by Gasteiger charge is 2.46. The number of aliphatic carboxylic acids is 1. The zero-order chi connectivity index (χ0) is 27.5. The first-order chi connectivity index (χ1) is 18.8. The van der Waals surface area contributed by atoms with Crippen molar-refractivity contribution < 1.29 is 19.4 Å². The minimum absolute atomic E-state index is 0.147. The van der Waals surface area contributed by atoms with Crippen molar-refractivity contribution >= 4 is 21.8 Å². The van der Waals surface area contributed by atoms with Gasteiger partial charge in [0.2, 0.25) is 0 Å². The number of aryl methyl sites for hydroxylation is 2. The molecule has 1 saturated carbocycles. The van der Waals surface area contributed by atoms with E-state index < -0.39 is 5.97 Å². The number of fused-ring (bicyclic) bond motifs is 3. The molecule has 0 aromatic heterocycles. The lowest BCUT2D eigenvalue weighted by molar-refractivity contribution is -0.137. The lowest BCUT2D eigenvalue weighted by Crippen LogP contribution is -2.23. The third kappa shape index (κ3) is 6.09. The van der Waals surface area contributed by atoms with Gasteiger partial charge < -0.3 is 14.6 Å². The van der Waals surface area contributed by atoms with Crippen LogP contribution in [0.5, 0.6) is 11.5 Å². The maximum atomic E-state index is 11.4. The van der Waals surface area contributed by atoms with Crippen LogP contribution in [0, 0.1) is 19.8 Å². The largest absolute Gasteiger partial charge is 0.494 e. The van der Waals surface area contributed by atoms with Gasteiger partial charge in [0, 0.05) is 0 Å². The molecule has 0 radical (unpaired) electrons. The number of rotatable bonds is 11. The second kappa shape index (κ2) is 12.0. The topological polar surface area (TPSA) is 55.8 Å². The Morgan fingerprint density at radius 3 is 2.49 bits per heavy atom. The van der Waals surface area contributed by atoms with Crippen LogP contribution in [0.1, 0.15) is 72.3 Å². The van der Waals surface area contributed by atoms with E-state index >= 15 is 0 Å². The number of hydrogen-bond donors (Lipinski definition) is 1. The molecule has 0 aliphatic heterocycles. The first-order valence-corrected chi connectivity index (χ1v) is 15.9. The van der Waals surface area contributed by atoms with E-state index in [0.717, 1.165) is 42.9 Å². The van der Waals surface area contributed by atoms with Gasteiger partial charge in [-0.3, -0.25) is 4.79 Å². The molecule has 4 atom stereocenters. The average Bonchev–Trinajstić information content (AvgIpc) is 3.08. The second-order valence-corrected chi connectivity index (χ2v) is 13.4. The normalized spacial score (nSPS) is 20.2. The van der Waals surface area contributed by atoms with Crippen LogP contribution >= 0.6 is 10.5 Å². The van der Waals surface area contributed by atoms with E-state index in [0.29, 0.717) is 28.9 Å². The number of ether oxygens (including phenoxy) is 2. The van der Waals surface area contributed by atoms with Crippen molar-refractivity contribution in [2.45, 2.75) is 64.9 Å². The summed E-state index contributed by atoms with van der Waals surface area (Å²) < 4.78 is 12.3. The van der Waals surface area contributed by atoms with Gasteiger partial charge in [0.25, 0.3) is 0 Å². The quantitative estimate of drug-likeness (QED) is 0.196. The molecule has 1 N–H and O–H groups in total. The van der Waals surface area contributed by atoms with Gasteiger partial charge >= 0.3 is 5.97 Å². The molecular weight excluding hydrogens is 504 g/mol. The van der Waals surface area contributed by atoms with Crippen molar-refractivity contribution in [2.24, 2.45) is 5.92 Å². The van der Waals surface area contributed by atoms with Crippen molar-refractivity contribution in [2.75, 3.05) is 18.6 Å². The standard InChI is InChI=1S/C34H40O4S/c1-5-39(4)15-7-14-37-27-16-22(2)34(23(3)17-27)25-9-6-8-24(18-25)21-38-26-10-11-30-31(19-26)28-12-13-29(28)32(30)20-33(35)36/h5-6,8-11,16-19,28-29,32H,7,12-15,20-21H2,1-4H3,(H,35,36)/t28-,29+,32+,39?/m1/s1. The molecule has 5 heteroatoms. The molecule has 5 rings (SSSR count). The minimum Gasteiger partial charge on any atom is -0.494 e. The Hall–Kier alpha value is -3.05. The summed E-state index contributed by atoms with van der Waals surface area (Å²) in [4.78, 5) is 11.4. The summed E-state index contributed by atoms with van der Waals surface area (Å²) in [5.74, 6) is 3.40. The number of carboxylic acid groups (broad SMARTS) is 1. The van der Waals surface area contributed by atoms with Crippen LogP contribution < -0.4 is 9.47 Å². The van der Waals surface area contributed by atoms with E-state index in [4.69, 9.17) is 9.47 Å². The SMILES string of the molecule is C/C=S(/C)CCCOc1cc(C)c(-c2cccc(COc3ccc4c(c3)[C@@H]3CC[C@@H]3[C@@H]4CC(=O)O)c2)c(C)c1. The first-order valence-electron chi connectivity index (χ1n) is 14.1. The van der Waals surface area contributed by atoms with Crippen LogP contribution in [0.25, 0.3) is 11.1 Å². The van der Waals surface area contributed by atoms with Crippen LogP contribution in [0.4, 0.5) is 0 Å². The molecule has 2 aliphatic carbocycles. The van der Waals surface area contributed by atoms with E-state index in [1.165, 1.54) is 39.1 Å². The Bertz CT molecular complexity index is 1370. The Kier molecular flexibility index (Phi) is 8.46. The number of carbonyl (C=O) groups is 1. The number of benzene rings is 3. The molecule has 0 saturated heterocycles. The Morgan fingerprint density at radius 2 is 1.79 bits per heavy atom. The molecule has 1 fully saturated rings. The molecule has 0 bridgehead atoms. The molecule has 0 spiro atoms. The molecule has 0 heterocycles. The molecule has 1 unspecified atom stereocenters. The third-order valence-electron chi connectivity index (χ3n) is 8.51. The van der Waals surface area contributed by atoms with Crippen LogP contribution in [0.15, 0.2) is 54.6 Å². The van der Waals surface area contributed by atoms with Crippen molar-refractivity contribution in [1.82, 2.24) is 0 Å². The van der Waals surface area contributed by atoms with Crippen LogP contribution in [-0.2, 0) is 11.4 Å². The maximum absolute atomic E-state index is 11.4. The van der Waals surface area contributed by atoms with E-state index in [2.05, 4.69) is 80.9 Å². The third-order valence-corrected chi connectivity index (χ3v) is 10.2. The van der Waals surface area contributed by atoms with Crippen LogP contribution in [0.3, 0.4) is 0 Å². The van der Waals surface area contributed by atoms with Gasteiger partial charge in [-0.05, 0) is 139 Å². The average molecular weight is 545 g/mol. The van der Waals surface area contributed by atoms with E-state index in [-0.39, 0.29) is 12.3 Å². The van der Waals surface area contributed by atoms with E-state index in [1.54, 1.807) is 0 Å². The van der Waals surface area contributed by atoms with E-state index in [1.807, 2.05) is 6.07 Å². The van der Waals surface area contributed by atoms with Gasteiger partial charge in [0.15, 0.2) is 0 Å². The van der Waals surface area contributed by atoms with Gasteiger partial charge in [-0.15, -0.1) is 0 Å². The highest BCUT2D eigenvalue weighted by atomic mass is 32.2. The predicted molar refractivity (Wildman–Crippen MR) is 163 cm³/mol. The Balaban J connectivity index is 1.25. The summed E-state index contributed by atoms with van der Waals surface area (Å²) in [5.41, 5.74) is 8.50. The summed E-state index contributed by atoms with van der Waals surface area (Å²) in [6, 6.07) is 19.2. The highest BCUT2D eigenvalue weighted by Crippen LogP contribution is 2.59. The van der Waals surface area contributed by atoms with Crippen molar-refractivity contribution in [3.63, 3.8) is 0 Å². The Labute approximate surface area is 235 Å². The Morgan fingerprint density at radius 1 is 1.00 bits per heavy atom. The molecule has 206 valence electrons. The van der Waals surface area contributed by atoms with Crippen LogP contribution in [0.2, 0.25) is 0 Å². The fraction of sp³-hybridized carbons (Fsp3) is 0.412. The van der Waals surface area contributed by atoms with Gasteiger partial charge in [-0.2, -0.15) is 10.5 Å². The monoisotopic (exact) mass is 544 g/mol. The highest BCUT2D eigenvalue weighted by molar-refractivity contribution is 8.14. The van der Waals surface area contributed by atoms with Crippen molar-refractivity contribution in [1.29, 1.82) is 0 Å². The summed E-state index contributed by atoms with van der Waals surface area (Å²) in [7, 11) is 0.372. The molecule has 0 amide bonds. The first kappa shape index (κ1) is 27.5. The lowest BCUT2D eigenvalue weighted by atomic mass is 9.70. The smallest absolute Gasteiger partial charge is 0.303 e. The van der Waals surface area contributed by atoms with Gasteiger partial charge in [-0.25, -0.2) is 0 Å². The molecule has 3 aromatic carbocycles. The van der Waals surface area contributed by atoms with E-state index in [9.17, 15) is 9.90 Å². The lowest BCUT2D eigenvalue weighted by Gasteiger charge is -2.34. The van der Waals surface area contributed by atoms with Gasteiger partial charge in [0.1, 0.15) is 18.1 Å². The summed E-state index contributed by atoms with van der Waals surface area (Å²) in [6.45, 7) is 7.69. The number of hydrogen-bond acceptors (Lipinski definition) is 3. The zero-order valence-corrected chi connectivity index (χ0v) is 24.4. The van der Waals surface area contributed by atoms with Gasteiger partial charge in [-0.1, -0.05) is 29.6 Å². The second-order valence-electron chi connectivity index (χ2n) is 11.1. The minimum atomic E-state index is -0.706. The fourth-order valence-corrected chi connectivity index (χ4v) is 7.22. The number of carboxylic acids is 1. The molecular formula is C34H40O4S. The summed E-state index contributed by atoms with van der Waals surface area (Å²) in [5, 5.41) is 11.7. The van der Waals surface area contributed by atoms with Crippen molar-refractivity contribution in [3.05, 3.63) is 82.4 Å². The molecule has 2 aliphatic rings. The summed E-state index contributed by atoms with van der Waals surface area (Å²) >= 11 is 0. The molecule has 39 heavy (non-hydrogen) atoms. The van der Waals surface area contributed by atoms with Crippen molar-refractivity contribution in [3.8, 4) is 22.6 Å². The molecule has 4 nitrogen and oxygen atoms in total. The predicted octanol–water partition coefficient (Wildman–Crippen LogP) is 8.10. The maximum Gasteiger partial charge on any atom is 0.303 e.